The molecule has 210 valence electrons. The van der Waals surface area contributed by atoms with E-state index < -0.39 is 10.0 Å². The average Bonchev–Trinajstić information content (AvgIpc) is 2.95. The zero-order valence-electron chi connectivity index (χ0n) is 22.6. The Labute approximate surface area is 231 Å². The van der Waals surface area contributed by atoms with Gasteiger partial charge in [-0.25, -0.2) is 22.5 Å². The molecule has 2 aliphatic rings. The molecule has 0 radical (unpaired) electrons. The Hall–Kier alpha value is -3.11. The van der Waals surface area contributed by atoms with E-state index in [0.29, 0.717) is 53.3 Å². The highest BCUT2D eigenvalue weighted by Gasteiger charge is 2.24. The van der Waals surface area contributed by atoms with Gasteiger partial charge in [0, 0.05) is 25.3 Å². The molecule has 4 N–H and O–H groups in total. The summed E-state index contributed by atoms with van der Waals surface area (Å²) in [6, 6.07) is 6.36. The summed E-state index contributed by atoms with van der Waals surface area (Å²) in [4.78, 5) is 9.49. The van der Waals surface area contributed by atoms with E-state index in [-0.39, 0.29) is 12.4 Å². The third kappa shape index (κ3) is 8.19. The van der Waals surface area contributed by atoms with Crippen LogP contribution >= 0.6 is 0 Å². The molecule has 0 atom stereocenters. The molecule has 1 fully saturated rings. The lowest BCUT2D eigenvalue weighted by atomic mass is 9.94. The summed E-state index contributed by atoms with van der Waals surface area (Å²) >= 11 is 0. The van der Waals surface area contributed by atoms with Crippen molar-refractivity contribution in [2.45, 2.75) is 77.2 Å². The highest BCUT2D eigenvalue weighted by Crippen LogP contribution is 2.28. The normalized spacial score (nSPS) is 16.4. The first-order valence-electron chi connectivity index (χ1n) is 14.0. The summed E-state index contributed by atoms with van der Waals surface area (Å²) < 4.78 is 41.4. The maximum absolute atomic E-state index is 13.1. The summed E-state index contributed by atoms with van der Waals surface area (Å²) in [6.45, 7) is 3.15. The maximum atomic E-state index is 13.1. The Morgan fingerprint density at radius 1 is 1.08 bits per heavy atom. The molecule has 0 aliphatic heterocycles. The highest BCUT2D eigenvalue weighted by molar-refractivity contribution is 7.93. The lowest BCUT2D eigenvalue weighted by Crippen LogP contribution is -2.28. The number of sulfonamides is 1. The lowest BCUT2D eigenvalue weighted by Gasteiger charge is -2.25. The first-order valence-corrected chi connectivity index (χ1v) is 15.4. The number of nitrogens with one attached hydrogen (secondary N) is 4. The molecule has 1 saturated carbocycles. The third-order valence-electron chi connectivity index (χ3n) is 7.21. The van der Waals surface area contributed by atoms with E-state index in [1.54, 1.807) is 30.5 Å². The van der Waals surface area contributed by atoms with Crippen LogP contribution in [0.1, 0.15) is 75.8 Å². The molecule has 2 aromatic rings. The van der Waals surface area contributed by atoms with Gasteiger partial charge in [-0.15, -0.1) is 0 Å². The monoisotopic (exact) mass is 554 g/mol. The second-order valence-corrected chi connectivity index (χ2v) is 12.0. The fraction of sp³-hybridized carbons (Fsp3) is 0.483. The largest absolute Gasteiger partial charge is 0.367 e. The van der Waals surface area contributed by atoms with Crippen LogP contribution in [0.25, 0.3) is 0 Å². The van der Waals surface area contributed by atoms with Crippen LogP contribution in [0.3, 0.4) is 0 Å². The predicted octanol–water partition coefficient (Wildman–Crippen LogP) is 5.71. The van der Waals surface area contributed by atoms with Gasteiger partial charge in [0.1, 0.15) is 11.6 Å². The molecule has 8 nitrogen and oxygen atoms in total. The first-order chi connectivity index (χ1) is 18.9. The van der Waals surface area contributed by atoms with E-state index in [1.165, 1.54) is 31.4 Å². The molecule has 0 spiro atoms. The molecule has 2 aliphatic carbocycles. The quantitative estimate of drug-likeness (QED) is 0.186. The van der Waals surface area contributed by atoms with E-state index in [4.69, 9.17) is 10.4 Å². The minimum Gasteiger partial charge on any atom is -0.367 e. The second-order valence-electron chi connectivity index (χ2n) is 10.2. The van der Waals surface area contributed by atoms with Gasteiger partial charge in [0.25, 0.3) is 0 Å². The van der Waals surface area contributed by atoms with Crippen LogP contribution in [0.15, 0.2) is 53.1 Å². The van der Waals surface area contributed by atoms with Gasteiger partial charge in [-0.2, -0.15) is 4.98 Å². The van der Waals surface area contributed by atoms with Crippen molar-refractivity contribution in [3.05, 3.63) is 70.0 Å². The van der Waals surface area contributed by atoms with Gasteiger partial charge in [-0.1, -0.05) is 50.8 Å². The number of halogens is 1. The van der Waals surface area contributed by atoms with Crippen molar-refractivity contribution in [1.29, 1.82) is 5.41 Å². The van der Waals surface area contributed by atoms with E-state index in [1.807, 2.05) is 0 Å². The fourth-order valence-electron chi connectivity index (χ4n) is 4.87. The summed E-state index contributed by atoms with van der Waals surface area (Å²) in [7, 11) is -3.64. The van der Waals surface area contributed by atoms with E-state index in [2.05, 4.69) is 27.3 Å². The van der Waals surface area contributed by atoms with E-state index in [9.17, 15) is 12.8 Å². The van der Waals surface area contributed by atoms with Gasteiger partial charge in [0.05, 0.1) is 16.2 Å². The number of hydrogen-bond acceptors (Lipinski definition) is 7. The maximum Gasteiger partial charge on any atom is 0.236 e. The van der Waals surface area contributed by atoms with Crippen molar-refractivity contribution in [3.63, 3.8) is 0 Å². The molecule has 10 heteroatoms. The first kappa shape index (κ1) is 28.9. The molecule has 0 unspecified atom stereocenters. The molecular formula is C29H39FN6O2S. The predicted molar refractivity (Wildman–Crippen MR) is 155 cm³/mol. The zero-order valence-corrected chi connectivity index (χ0v) is 23.4. The van der Waals surface area contributed by atoms with Crippen LogP contribution in [-0.4, -0.2) is 43.2 Å². The minimum atomic E-state index is -3.64. The van der Waals surface area contributed by atoms with Crippen molar-refractivity contribution in [1.82, 2.24) is 14.7 Å². The van der Waals surface area contributed by atoms with Gasteiger partial charge < -0.3 is 10.6 Å². The molecule has 39 heavy (non-hydrogen) atoms. The minimum absolute atomic E-state index is 0.226. The van der Waals surface area contributed by atoms with Crippen LogP contribution < -0.4 is 15.4 Å². The molecule has 1 heterocycles. The fourth-order valence-corrected chi connectivity index (χ4v) is 6.05. The number of hydrogen-bond donors (Lipinski definition) is 4. The topological polar surface area (TPSA) is 120 Å². The van der Waals surface area contributed by atoms with Crippen molar-refractivity contribution < 1.29 is 12.8 Å². The number of allylic oxidation sites excluding steroid dienone is 4. The lowest BCUT2D eigenvalue weighted by molar-refractivity contribution is 0.462. The van der Waals surface area contributed by atoms with Crippen LogP contribution in [0.5, 0.6) is 0 Å². The van der Waals surface area contributed by atoms with Crippen LogP contribution in [0.2, 0.25) is 0 Å². The number of rotatable bonds is 13. The van der Waals surface area contributed by atoms with Gasteiger partial charge in [0.2, 0.25) is 16.0 Å². The smallest absolute Gasteiger partial charge is 0.236 e. The Balaban J connectivity index is 1.45. The van der Waals surface area contributed by atoms with Crippen LogP contribution in [0.4, 0.5) is 16.2 Å². The number of nitrogens with zero attached hydrogens (tertiary/aromatic N) is 2. The molecule has 0 bridgehead atoms. The molecule has 0 amide bonds. The number of anilines is 2. The van der Waals surface area contributed by atoms with Crippen LogP contribution in [-0.2, 0) is 16.4 Å². The molecule has 0 saturated heterocycles. The summed E-state index contributed by atoms with van der Waals surface area (Å²) in [6.07, 6.45) is 14.1. The van der Waals surface area contributed by atoms with Gasteiger partial charge in [-0.3, -0.25) is 5.41 Å². The standard InChI is InChI=1S/C29H39FN6O2S/c1-2-3-18-32-29-33-20-26(28(36-29)35-24-7-5-4-6-8-24)27(31)22-11-15-25(16-12-22)39(37,38)34-19-17-21-9-13-23(30)14-10-21/h9-11,13-15,20,24,31,34H,2-8,12,16-19H2,1H3,(H2,32,33,35,36). The van der Waals surface area contributed by atoms with E-state index >= 15 is 0 Å². The van der Waals surface area contributed by atoms with Gasteiger partial charge >= 0.3 is 0 Å². The number of aromatic nitrogens is 2. The SMILES string of the molecule is CCCCNc1ncc(C(=N)C2=CC=C(S(=O)(=O)NCCc3ccc(F)cc3)CC2)c(NC2CCCCC2)n1. The molecule has 1 aromatic heterocycles. The van der Waals surface area contributed by atoms with Crippen LogP contribution in [0, 0.1) is 11.2 Å². The van der Waals surface area contributed by atoms with Gasteiger partial charge in [0.15, 0.2) is 0 Å². The second kappa shape index (κ2) is 13.8. The highest BCUT2D eigenvalue weighted by atomic mass is 32.2. The Bertz CT molecular complexity index is 1300. The third-order valence-corrected chi connectivity index (χ3v) is 8.83. The summed E-state index contributed by atoms with van der Waals surface area (Å²) in [5, 5.41) is 15.8. The van der Waals surface area contributed by atoms with E-state index in [0.717, 1.165) is 43.4 Å². The van der Waals surface area contributed by atoms with Gasteiger partial charge in [-0.05, 0) is 67.9 Å². The Morgan fingerprint density at radius 2 is 1.85 bits per heavy atom. The van der Waals surface area contributed by atoms with Crippen molar-refractivity contribution in [2.24, 2.45) is 0 Å². The van der Waals surface area contributed by atoms with Crippen molar-refractivity contribution in [2.75, 3.05) is 23.7 Å². The Morgan fingerprint density at radius 3 is 2.54 bits per heavy atom. The van der Waals surface area contributed by atoms with Crippen molar-refractivity contribution in [3.8, 4) is 0 Å². The summed E-state index contributed by atoms with van der Waals surface area (Å²) in [5.41, 5.74) is 2.55. The number of benzene rings is 1. The summed E-state index contributed by atoms with van der Waals surface area (Å²) in [5.74, 6) is 0.894. The Kier molecular flexibility index (Phi) is 10.2. The van der Waals surface area contributed by atoms with Crippen molar-refractivity contribution >= 4 is 27.5 Å². The molecular weight excluding hydrogens is 515 g/mol. The average molecular weight is 555 g/mol. The zero-order chi connectivity index (χ0) is 27.7. The number of unbranched alkanes of at least 4 members (excludes halogenated alkanes) is 1. The molecule has 1 aromatic carbocycles. The molecule has 4 rings (SSSR count).